The van der Waals surface area contributed by atoms with E-state index in [-0.39, 0.29) is 5.91 Å². The van der Waals surface area contributed by atoms with Crippen LogP contribution < -0.4 is 5.73 Å². The molecule has 106 valence electrons. The topological polar surface area (TPSA) is 82.3 Å². The van der Waals surface area contributed by atoms with Crippen LogP contribution in [0.15, 0.2) is 30.5 Å². The number of para-hydroxylation sites is 1. The van der Waals surface area contributed by atoms with Gasteiger partial charge in [-0.05, 0) is 25.0 Å². The van der Waals surface area contributed by atoms with Crippen molar-refractivity contribution >= 4 is 16.8 Å². The summed E-state index contributed by atoms with van der Waals surface area (Å²) in [5.74, 6) is -0.0955. The van der Waals surface area contributed by atoms with Crippen molar-refractivity contribution in [2.75, 3.05) is 13.1 Å². The van der Waals surface area contributed by atoms with E-state index in [1.807, 2.05) is 30.5 Å². The summed E-state index contributed by atoms with van der Waals surface area (Å²) in [4.78, 5) is 16.9. The van der Waals surface area contributed by atoms with Gasteiger partial charge < -0.3 is 20.7 Å². The van der Waals surface area contributed by atoms with E-state index in [0.717, 1.165) is 16.5 Å². The van der Waals surface area contributed by atoms with Crippen LogP contribution >= 0.6 is 0 Å². The number of nitrogens with one attached hydrogen (secondary N) is 1. The van der Waals surface area contributed by atoms with E-state index in [0.29, 0.717) is 19.5 Å². The van der Waals surface area contributed by atoms with Crippen molar-refractivity contribution in [3.63, 3.8) is 0 Å². The van der Waals surface area contributed by atoms with Crippen molar-refractivity contribution in [3.8, 4) is 0 Å². The number of aliphatic hydroxyl groups is 1. The number of rotatable bonds is 3. The van der Waals surface area contributed by atoms with E-state index < -0.39 is 11.6 Å². The molecule has 4 N–H and O–H groups in total. The zero-order chi connectivity index (χ0) is 14.3. The Bertz CT molecular complexity index is 639. The number of hydrogen-bond donors (Lipinski definition) is 3. The summed E-state index contributed by atoms with van der Waals surface area (Å²) in [5, 5.41) is 10.8. The number of nitrogens with two attached hydrogens (primary N) is 1. The number of carbonyl (C=O) groups is 1. The van der Waals surface area contributed by atoms with Crippen LogP contribution in [-0.2, 0) is 11.2 Å². The fourth-order valence-corrected chi connectivity index (χ4v) is 2.79. The summed E-state index contributed by atoms with van der Waals surface area (Å²) in [6.07, 6.45) is 2.41. The maximum atomic E-state index is 12.2. The summed E-state index contributed by atoms with van der Waals surface area (Å²) in [6, 6.07) is 7.39. The van der Waals surface area contributed by atoms with E-state index in [9.17, 15) is 9.90 Å². The molecular formula is C15H19N3O2. The first kappa shape index (κ1) is 13.1. The molecular weight excluding hydrogens is 254 g/mol. The molecule has 1 unspecified atom stereocenters. The SMILES string of the molecule is CC1(O)CN(C(=O)C(N)Cc2c[nH]c3ccccc23)C1. The highest BCUT2D eigenvalue weighted by Crippen LogP contribution is 2.22. The molecule has 1 aromatic heterocycles. The number of aromatic amines is 1. The molecule has 2 aromatic rings. The maximum Gasteiger partial charge on any atom is 0.240 e. The molecule has 3 rings (SSSR count). The van der Waals surface area contributed by atoms with Crippen LogP contribution in [0.4, 0.5) is 0 Å². The molecule has 1 amide bonds. The molecule has 1 fully saturated rings. The Morgan fingerprint density at radius 3 is 2.90 bits per heavy atom. The summed E-state index contributed by atoms with van der Waals surface area (Å²) >= 11 is 0. The Hall–Kier alpha value is -1.85. The third kappa shape index (κ3) is 2.30. The monoisotopic (exact) mass is 273 g/mol. The number of H-pyrrole nitrogens is 1. The Labute approximate surface area is 117 Å². The van der Waals surface area contributed by atoms with Gasteiger partial charge in [-0.2, -0.15) is 0 Å². The molecule has 0 saturated carbocycles. The Kier molecular flexibility index (Phi) is 3.03. The highest BCUT2D eigenvalue weighted by Gasteiger charge is 2.40. The van der Waals surface area contributed by atoms with Gasteiger partial charge in [0.05, 0.1) is 24.7 Å². The van der Waals surface area contributed by atoms with Gasteiger partial charge in [0.1, 0.15) is 0 Å². The van der Waals surface area contributed by atoms with Gasteiger partial charge >= 0.3 is 0 Å². The lowest BCUT2D eigenvalue weighted by atomic mass is 9.95. The summed E-state index contributed by atoms with van der Waals surface area (Å²) in [6.45, 7) is 2.46. The van der Waals surface area contributed by atoms with Crippen LogP contribution in [0.25, 0.3) is 10.9 Å². The number of fused-ring (bicyclic) bond motifs is 1. The zero-order valence-corrected chi connectivity index (χ0v) is 11.5. The quantitative estimate of drug-likeness (QED) is 0.767. The van der Waals surface area contributed by atoms with Gasteiger partial charge in [0.2, 0.25) is 5.91 Å². The van der Waals surface area contributed by atoms with Gasteiger partial charge in [-0.25, -0.2) is 0 Å². The highest BCUT2D eigenvalue weighted by atomic mass is 16.3. The van der Waals surface area contributed by atoms with Crippen LogP contribution in [0.5, 0.6) is 0 Å². The average Bonchev–Trinajstić information content (AvgIpc) is 2.78. The number of likely N-dealkylation sites (tertiary alicyclic amines) is 1. The van der Waals surface area contributed by atoms with Crippen molar-refractivity contribution in [2.24, 2.45) is 5.73 Å². The molecule has 5 nitrogen and oxygen atoms in total. The molecule has 1 aromatic carbocycles. The van der Waals surface area contributed by atoms with Crippen molar-refractivity contribution < 1.29 is 9.90 Å². The first-order chi connectivity index (χ1) is 9.46. The Morgan fingerprint density at radius 2 is 2.20 bits per heavy atom. The lowest BCUT2D eigenvalue weighted by Gasteiger charge is -2.45. The second kappa shape index (κ2) is 4.61. The summed E-state index contributed by atoms with van der Waals surface area (Å²) < 4.78 is 0. The van der Waals surface area contributed by atoms with Gasteiger partial charge in [-0.3, -0.25) is 4.79 Å². The predicted molar refractivity (Wildman–Crippen MR) is 77.2 cm³/mol. The van der Waals surface area contributed by atoms with Crippen LogP contribution in [0, 0.1) is 0 Å². The smallest absolute Gasteiger partial charge is 0.240 e. The standard InChI is InChI=1S/C15H19N3O2/c1-15(20)8-18(9-15)14(19)12(16)6-10-7-17-13-5-3-2-4-11(10)13/h2-5,7,12,17,20H,6,8-9,16H2,1H3. The van der Waals surface area contributed by atoms with Crippen LogP contribution in [0.3, 0.4) is 0 Å². The summed E-state index contributed by atoms with van der Waals surface area (Å²) in [5.41, 5.74) is 7.36. The lowest BCUT2D eigenvalue weighted by molar-refractivity contribution is -0.153. The van der Waals surface area contributed by atoms with Gasteiger partial charge in [0.15, 0.2) is 0 Å². The van der Waals surface area contributed by atoms with E-state index in [4.69, 9.17) is 5.73 Å². The number of benzene rings is 1. The molecule has 20 heavy (non-hydrogen) atoms. The minimum Gasteiger partial charge on any atom is -0.386 e. The number of amides is 1. The minimum absolute atomic E-state index is 0.0955. The number of β-amino-alcohol motifs (C(OH)–C–C–N with tert-alkyl or cyclic N) is 1. The second-order valence-corrected chi connectivity index (χ2v) is 5.86. The number of aromatic nitrogens is 1. The van der Waals surface area contributed by atoms with E-state index in [1.54, 1.807) is 11.8 Å². The van der Waals surface area contributed by atoms with Crippen LogP contribution in [0.1, 0.15) is 12.5 Å². The molecule has 0 aliphatic carbocycles. The van der Waals surface area contributed by atoms with Crippen molar-refractivity contribution in [3.05, 3.63) is 36.0 Å². The van der Waals surface area contributed by atoms with E-state index in [1.165, 1.54) is 0 Å². The third-order valence-electron chi connectivity index (χ3n) is 3.81. The van der Waals surface area contributed by atoms with Gasteiger partial charge in [0, 0.05) is 17.1 Å². The van der Waals surface area contributed by atoms with Gasteiger partial charge in [0.25, 0.3) is 0 Å². The molecule has 0 radical (unpaired) electrons. The Morgan fingerprint density at radius 1 is 1.50 bits per heavy atom. The van der Waals surface area contributed by atoms with E-state index >= 15 is 0 Å². The van der Waals surface area contributed by atoms with Gasteiger partial charge in [-0.1, -0.05) is 18.2 Å². The molecule has 5 heteroatoms. The third-order valence-corrected chi connectivity index (χ3v) is 3.81. The zero-order valence-electron chi connectivity index (χ0n) is 11.5. The van der Waals surface area contributed by atoms with Crippen LogP contribution in [-0.4, -0.2) is 45.6 Å². The number of carbonyl (C=O) groups excluding carboxylic acids is 1. The Balaban J connectivity index is 1.70. The fourth-order valence-electron chi connectivity index (χ4n) is 2.79. The molecule has 1 aliphatic rings. The second-order valence-electron chi connectivity index (χ2n) is 5.86. The van der Waals surface area contributed by atoms with Crippen molar-refractivity contribution in [2.45, 2.75) is 25.0 Å². The number of hydrogen-bond acceptors (Lipinski definition) is 3. The molecule has 0 bridgehead atoms. The molecule has 0 spiro atoms. The first-order valence-electron chi connectivity index (χ1n) is 6.78. The largest absolute Gasteiger partial charge is 0.386 e. The van der Waals surface area contributed by atoms with Crippen molar-refractivity contribution in [1.29, 1.82) is 0 Å². The molecule has 1 saturated heterocycles. The van der Waals surface area contributed by atoms with Crippen LogP contribution in [0.2, 0.25) is 0 Å². The molecule has 1 aliphatic heterocycles. The average molecular weight is 273 g/mol. The highest BCUT2D eigenvalue weighted by molar-refractivity contribution is 5.86. The molecule has 1 atom stereocenters. The lowest BCUT2D eigenvalue weighted by Crippen LogP contribution is -2.64. The van der Waals surface area contributed by atoms with Gasteiger partial charge in [-0.15, -0.1) is 0 Å². The first-order valence-corrected chi connectivity index (χ1v) is 6.78. The van der Waals surface area contributed by atoms with Crippen molar-refractivity contribution in [1.82, 2.24) is 9.88 Å². The number of nitrogens with zero attached hydrogens (tertiary/aromatic N) is 1. The van der Waals surface area contributed by atoms with E-state index in [2.05, 4.69) is 4.98 Å². The molecule has 2 heterocycles. The predicted octanol–water partition coefficient (Wildman–Crippen LogP) is 0.631. The maximum absolute atomic E-state index is 12.2. The fraction of sp³-hybridized carbons (Fsp3) is 0.400. The minimum atomic E-state index is -0.754. The summed E-state index contributed by atoms with van der Waals surface area (Å²) in [7, 11) is 0. The normalized spacial score (nSPS) is 18.9.